The highest BCUT2D eigenvalue weighted by molar-refractivity contribution is 5.75. The number of imidazole rings is 1. The number of nitrogens with zero attached hydrogens (tertiary/aromatic N) is 4. The second kappa shape index (κ2) is 4.31. The summed E-state index contributed by atoms with van der Waals surface area (Å²) in [7, 11) is 0. The SMILES string of the molecule is O=c1[nH]cc(-c2cc(N3CC4CC4(F)C3)c3nccn3n2)c(=O)[nH]1. The van der Waals surface area contributed by atoms with Gasteiger partial charge in [0.1, 0.15) is 11.4 Å². The first kappa shape index (κ1) is 13.5. The Balaban J connectivity index is 1.68. The van der Waals surface area contributed by atoms with E-state index in [1.165, 1.54) is 6.20 Å². The Kier molecular flexibility index (Phi) is 2.42. The average Bonchev–Trinajstić information content (AvgIpc) is 2.89. The summed E-state index contributed by atoms with van der Waals surface area (Å²) in [5, 5.41) is 4.37. The summed E-state index contributed by atoms with van der Waals surface area (Å²) in [6.45, 7) is 0.954. The van der Waals surface area contributed by atoms with E-state index in [1.807, 2.05) is 4.90 Å². The Bertz CT molecular complexity index is 1090. The number of piperidine rings is 1. The third-order valence-electron chi connectivity index (χ3n) is 4.83. The fourth-order valence-electron chi connectivity index (χ4n) is 3.47. The predicted molar refractivity (Wildman–Crippen MR) is 83.8 cm³/mol. The Morgan fingerprint density at radius 1 is 1.38 bits per heavy atom. The van der Waals surface area contributed by atoms with Crippen LogP contribution in [-0.4, -0.2) is 43.3 Å². The van der Waals surface area contributed by atoms with Crippen molar-refractivity contribution in [3.63, 3.8) is 0 Å². The van der Waals surface area contributed by atoms with Crippen LogP contribution in [0.4, 0.5) is 10.1 Å². The number of nitrogens with one attached hydrogen (secondary N) is 2. The van der Waals surface area contributed by atoms with Gasteiger partial charge in [0.2, 0.25) is 0 Å². The number of alkyl halides is 1. The Morgan fingerprint density at radius 2 is 2.25 bits per heavy atom. The number of anilines is 1. The number of fused-ring (bicyclic) bond motifs is 2. The van der Waals surface area contributed by atoms with Gasteiger partial charge in [-0.05, 0) is 12.5 Å². The van der Waals surface area contributed by atoms with Crippen LogP contribution in [0.5, 0.6) is 0 Å². The molecule has 1 saturated carbocycles. The van der Waals surface area contributed by atoms with Gasteiger partial charge in [-0.2, -0.15) is 5.10 Å². The van der Waals surface area contributed by atoms with E-state index in [0.29, 0.717) is 30.9 Å². The lowest BCUT2D eigenvalue weighted by molar-refractivity contribution is 0.319. The molecule has 5 rings (SSSR count). The molecular weight excluding hydrogens is 315 g/mol. The molecule has 1 aliphatic heterocycles. The van der Waals surface area contributed by atoms with Gasteiger partial charge < -0.3 is 9.88 Å². The van der Waals surface area contributed by atoms with E-state index in [-0.39, 0.29) is 11.5 Å². The van der Waals surface area contributed by atoms with Crippen molar-refractivity contribution >= 4 is 11.3 Å². The van der Waals surface area contributed by atoms with Crippen LogP contribution >= 0.6 is 0 Å². The minimum absolute atomic E-state index is 0.0700. The standard InChI is InChI=1S/C15H13FN6O2/c16-15-4-8(15)6-21(7-15)11-3-10(20-22-2-1-17-12(11)22)9-5-18-14(24)19-13(9)23/h1-3,5,8H,4,6-7H2,(H2,18,19,23,24). The highest BCUT2D eigenvalue weighted by Gasteiger charge is 2.61. The maximum Gasteiger partial charge on any atom is 0.325 e. The molecule has 3 aromatic heterocycles. The molecule has 122 valence electrons. The topological polar surface area (TPSA) is 99.2 Å². The highest BCUT2D eigenvalue weighted by Crippen LogP contribution is 2.53. The van der Waals surface area contributed by atoms with E-state index in [1.54, 1.807) is 23.0 Å². The molecule has 2 atom stereocenters. The lowest BCUT2D eigenvalue weighted by Crippen LogP contribution is -2.26. The molecule has 2 aliphatic rings. The minimum Gasteiger partial charge on any atom is -0.365 e. The molecule has 1 aliphatic carbocycles. The number of aromatic amines is 2. The number of aromatic nitrogens is 5. The second-order valence-corrected chi connectivity index (χ2v) is 6.41. The molecule has 0 amide bonds. The van der Waals surface area contributed by atoms with Crippen molar-refractivity contribution in [2.24, 2.45) is 5.92 Å². The number of halogens is 1. The molecular formula is C15H13FN6O2. The Morgan fingerprint density at radius 3 is 3.00 bits per heavy atom. The predicted octanol–water partition coefficient (Wildman–Crippen LogP) is 0.321. The molecule has 0 radical (unpaired) electrons. The van der Waals surface area contributed by atoms with Crippen molar-refractivity contribution in [3.8, 4) is 11.3 Å². The van der Waals surface area contributed by atoms with Crippen LogP contribution in [0.15, 0.2) is 34.2 Å². The van der Waals surface area contributed by atoms with Crippen LogP contribution < -0.4 is 16.1 Å². The summed E-state index contributed by atoms with van der Waals surface area (Å²) in [5.74, 6) is 0.0700. The van der Waals surface area contributed by atoms with Crippen molar-refractivity contribution in [1.29, 1.82) is 0 Å². The molecule has 24 heavy (non-hydrogen) atoms. The summed E-state index contributed by atoms with van der Waals surface area (Å²) < 4.78 is 15.9. The third-order valence-corrected chi connectivity index (χ3v) is 4.83. The number of rotatable bonds is 2. The van der Waals surface area contributed by atoms with Gasteiger partial charge in [0.05, 0.1) is 17.8 Å². The van der Waals surface area contributed by atoms with E-state index < -0.39 is 16.9 Å². The van der Waals surface area contributed by atoms with Gasteiger partial charge in [-0.15, -0.1) is 0 Å². The normalized spacial score (nSPS) is 25.2. The zero-order valence-corrected chi connectivity index (χ0v) is 12.5. The maximum absolute atomic E-state index is 14.3. The van der Waals surface area contributed by atoms with Gasteiger partial charge in [-0.25, -0.2) is 18.7 Å². The monoisotopic (exact) mass is 328 g/mol. The zero-order valence-electron chi connectivity index (χ0n) is 12.5. The summed E-state index contributed by atoms with van der Waals surface area (Å²) in [4.78, 5) is 34.1. The molecule has 0 aromatic carbocycles. The van der Waals surface area contributed by atoms with Gasteiger partial charge in [-0.1, -0.05) is 0 Å². The molecule has 9 heteroatoms. The average molecular weight is 328 g/mol. The van der Waals surface area contributed by atoms with Crippen LogP contribution in [0.2, 0.25) is 0 Å². The minimum atomic E-state index is -1.09. The van der Waals surface area contributed by atoms with Gasteiger partial charge in [-0.3, -0.25) is 9.78 Å². The zero-order chi connectivity index (χ0) is 16.5. The van der Waals surface area contributed by atoms with E-state index in [4.69, 9.17) is 0 Å². The molecule has 0 bridgehead atoms. The van der Waals surface area contributed by atoms with Crippen LogP contribution in [-0.2, 0) is 0 Å². The van der Waals surface area contributed by atoms with Gasteiger partial charge in [0.15, 0.2) is 5.65 Å². The number of hydrogen-bond donors (Lipinski definition) is 2. The Labute approximate surface area is 134 Å². The molecule has 3 aromatic rings. The number of hydrogen-bond acceptors (Lipinski definition) is 5. The lowest BCUT2D eigenvalue weighted by Gasteiger charge is -2.21. The molecule has 2 fully saturated rings. The summed E-state index contributed by atoms with van der Waals surface area (Å²) in [6, 6.07) is 1.72. The van der Waals surface area contributed by atoms with Crippen molar-refractivity contribution < 1.29 is 4.39 Å². The summed E-state index contributed by atoms with van der Waals surface area (Å²) in [5.41, 5.74) is -0.214. The molecule has 8 nitrogen and oxygen atoms in total. The molecule has 2 unspecified atom stereocenters. The van der Waals surface area contributed by atoms with Crippen molar-refractivity contribution in [2.75, 3.05) is 18.0 Å². The quantitative estimate of drug-likeness (QED) is 0.706. The summed E-state index contributed by atoms with van der Waals surface area (Å²) >= 11 is 0. The van der Waals surface area contributed by atoms with Crippen LogP contribution in [0, 0.1) is 5.92 Å². The smallest absolute Gasteiger partial charge is 0.325 e. The lowest BCUT2D eigenvalue weighted by atomic mass is 10.2. The Hall–Kier alpha value is -2.97. The fraction of sp³-hybridized carbons (Fsp3) is 0.333. The summed E-state index contributed by atoms with van der Waals surface area (Å²) in [6.07, 6.45) is 5.22. The van der Waals surface area contributed by atoms with Gasteiger partial charge in [0.25, 0.3) is 5.56 Å². The van der Waals surface area contributed by atoms with Crippen LogP contribution in [0.25, 0.3) is 16.9 Å². The molecule has 2 N–H and O–H groups in total. The van der Waals surface area contributed by atoms with Crippen molar-refractivity contribution in [3.05, 3.63) is 45.5 Å². The van der Waals surface area contributed by atoms with Gasteiger partial charge in [0, 0.05) is 31.1 Å². The van der Waals surface area contributed by atoms with Crippen molar-refractivity contribution in [1.82, 2.24) is 24.6 Å². The fourth-order valence-corrected chi connectivity index (χ4v) is 3.47. The first-order chi connectivity index (χ1) is 11.5. The maximum atomic E-state index is 14.3. The third kappa shape index (κ3) is 1.84. The first-order valence-corrected chi connectivity index (χ1v) is 7.64. The largest absolute Gasteiger partial charge is 0.365 e. The highest BCUT2D eigenvalue weighted by atomic mass is 19.1. The van der Waals surface area contributed by atoms with E-state index in [2.05, 4.69) is 20.1 Å². The molecule has 0 spiro atoms. The van der Waals surface area contributed by atoms with E-state index in [9.17, 15) is 14.0 Å². The molecule has 4 heterocycles. The van der Waals surface area contributed by atoms with Crippen LogP contribution in [0.3, 0.4) is 0 Å². The van der Waals surface area contributed by atoms with Gasteiger partial charge >= 0.3 is 5.69 Å². The first-order valence-electron chi connectivity index (χ1n) is 7.64. The number of H-pyrrole nitrogens is 2. The van der Waals surface area contributed by atoms with Crippen LogP contribution in [0.1, 0.15) is 6.42 Å². The molecule has 1 saturated heterocycles. The van der Waals surface area contributed by atoms with E-state index >= 15 is 0 Å². The second-order valence-electron chi connectivity index (χ2n) is 6.41. The van der Waals surface area contributed by atoms with Crippen molar-refractivity contribution in [2.45, 2.75) is 12.1 Å². The van der Waals surface area contributed by atoms with E-state index in [0.717, 1.165) is 5.69 Å².